The summed E-state index contributed by atoms with van der Waals surface area (Å²) in [5.74, 6) is -0.533. The maximum Gasteiger partial charge on any atom is 0.337 e. The summed E-state index contributed by atoms with van der Waals surface area (Å²) in [6, 6.07) is 5.06. The lowest BCUT2D eigenvalue weighted by atomic mass is 10.0. The minimum absolute atomic E-state index is 0.123. The first kappa shape index (κ1) is 11.4. The lowest BCUT2D eigenvalue weighted by Gasteiger charge is -2.03. The summed E-state index contributed by atoms with van der Waals surface area (Å²) in [7, 11) is 1.33. The first-order valence-electron chi connectivity index (χ1n) is 5.26. The standard InChI is InChI=1S/C13H13NO3/c1-7(2)11-9-5-4-8(13(16)17-3)6-10(9)14-12(11)15/h4-6H,1-3H3,(H,14,15). The van der Waals surface area contributed by atoms with Crippen LogP contribution in [0.3, 0.4) is 0 Å². The SMILES string of the molecule is COC(=O)c1ccc2c(c1)NC(=O)C2=C(C)C. The van der Waals surface area contributed by atoms with Crippen molar-refractivity contribution in [3.63, 3.8) is 0 Å². The number of benzene rings is 1. The Labute approximate surface area is 99.3 Å². The van der Waals surface area contributed by atoms with E-state index in [2.05, 4.69) is 10.1 Å². The van der Waals surface area contributed by atoms with Crippen LogP contribution < -0.4 is 5.32 Å². The third-order valence-corrected chi connectivity index (χ3v) is 2.69. The summed E-state index contributed by atoms with van der Waals surface area (Å²) in [6.45, 7) is 3.77. The second-order valence-electron chi connectivity index (χ2n) is 4.08. The van der Waals surface area contributed by atoms with E-state index in [9.17, 15) is 9.59 Å². The van der Waals surface area contributed by atoms with Crippen molar-refractivity contribution in [2.24, 2.45) is 0 Å². The van der Waals surface area contributed by atoms with Crippen LogP contribution in [0.2, 0.25) is 0 Å². The predicted molar refractivity (Wildman–Crippen MR) is 64.7 cm³/mol. The minimum atomic E-state index is -0.410. The molecular formula is C13H13NO3. The van der Waals surface area contributed by atoms with Crippen molar-refractivity contribution < 1.29 is 14.3 Å². The highest BCUT2D eigenvalue weighted by molar-refractivity contribution is 6.32. The van der Waals surface area contributed by atoms with Crippen molar-refractivity contribution in [2.75, 3.05) is 12.4 Å². The molecule has 0 radical (unpaired) electrons. The van der Waals surface area contributed by atoms with E-state index in [0.29, 0.717) is 16.8 Å². The van der Waals surface area contributed by atoms with Crippen molar-refractivity contribution in [3.05, 3.63) is 34.9 Å². The molecule has 0 aliphatic carbocycles. The maximum atomic E-state index is 11.7. The molecule has 88 valence electrons. The number of methoxy groups -OCH3 is 1. The topological polar surface area (TPSA) is 55.4 Å². The Hall–Kier alpha value is -2.10. The van der Waals surface area contributed by atoms with Gasteiger partial charge in [-0.2, -0.15) is 0 Å². The molecule has 4 nitrogen and oxygen atoms in total. The fourth-order valence-electron chi connectivity index (χ4n) is 1.91. The van der Waals surface area contributed by atoms with E-state index in [1.54, 1.807) is 18.2 Å². The van der Waals surface area contributed by atoms with Gasteiger partial charge in [-0.05, 0) is 26.0 Å². The molecule has 1 aromatic carbocycles. The molecule has 0 unspecified atom stereocenters. The molecule has 1 aliphatic rings. The van der Waals surface area contributed by atoms with Crippen molar-refractivity contribution >= 4 is 23.1 Å². The van der Waals surface area contributed by atoms with Crippen LogP contribution in [0.5, 0.6) is 0 Å². The van der Waals surface area contributed by atoms with Crippen LogP contribution in [-0.4, -0.2) is 19.0 Å². The predicted octanol–water partition coefficient (Wildman–Crippen LogP) is 2.22. The number of hydrogen-bond acceptors (Lipinski definition) is 3. The Morgan fingerprint density at radius 3 is 2.59 bits per heavy atom. The van der Waals surface area contributed by atoms with Gasteiger partial charge >= 0.3 is 5.97 Å². The third kappa shape index (κ3) is 1.82. The van der Waals surface area contributed by atoms with Gasteiger partial charge in [0.2, 0.25) is 0 Å². The molecule has 1 N–H and O–H groups in total. The Morgan fingerprint density at radius 2 is 2.00 bits per heavy atom. The average Bonchev–Trinajstić information content (AvgIpc) is 2.62. The Bertz CT molecular complexity index is 540. The average molecular weight is 231 g/mol. The van der Waals surface area contributed by atoms with Gasteiger partial charge in [0.05, 0.1) is 12.7 Å². The first-order valence-corrected chi connectivity index (χ1v) is 5.26. The van der Waals surface area contributed by atoms with Crippen molar-refractivity contribution in [3.8, 4) is 0 Å². The van der Waals surface area contributed by atoms with Gasteiger partial charge in [-0.3, -0.25) is 4.79 Å². The number of fused-ring (bicyclic) bond motifs is 1. The highest BCUT2D eigenvalue weighted by atomic mass is 16.5. The number of carbonyl (C=O) groups is 2. The van der Waals surface area contributed by atoms with Crippen LogP contribution in [0.4, 0.5) is 5.69 Å². The number of nitrogens with one attached hydrogen (secondary N) is 1. The Morgan fingerprint density at radius 1 is 1.29 bits per heavy atom. The van der Waals surface area contributed by atoms with E-state index in [0.717, 1.165) is 11.1 Å². The van der Waals surface area contributed by atoms with Crippen LogP contribution in [0.15, 0.2) is 23.8 Å². The molecule has 0 spiro atoms. The zero-order valence-electron chi connectivity index (χ0n) is 9.96. The molecule has 0 bridgehead atoms. The summed E-state index contributed by atoms with van der Waals surface area (Å²) >= 11 is 0. The quantitative estimate of drug-likeness (QED) is 0.595. The van der Waals surface area contributed by atoms with E-state index in [4.69, 9.17) is 0 Å². The summed E-state index contributed by atoms with van der Waals surface area (Å²) < 4.78 is 4.63. The summed E-state index contributed by atoms with van der Waals surface area (Å²) in [4.78, 5) is 23.1. The van der Waals surface area contributed by atoms with E-state index >= 15 is 0 Å². The molecule has 17 heavy (non-hydrogen) atoms. The number of amides is 1. The molecule has 0 saturated heterocycles. The van der Waals surface area contributed by atoms with Crippen molar-refractivity contribution in [2.45, 2.75) is 13.8 Å². The second kappa shape index (κ2) is 4.05. The van der Waals surface area contributed by atoms with E-state index < -0.39 is 5.97 Å². The van der Waals surface area contributed by atoms with E-state index in [-0.39, 0.29) is 5.91 Å². The van der Waals surface area contributed by atoms with Gasteiger partial charge < -0.3 is 10.1 Å². The summed E-state index contributed by atoms with van der Waals surface area (Å²) in [5.41, 5.74) is 3.56. The van der Waals surface area contributed by atoms with Crippen LogP contribution in [0.1, 0.15) is 29.8 Å². The molecular weight excluding hydrogens is 218 g/mol. The molecule has 0 aromatic heterocycles. The van der Waals surface area contributed by atoms with Gasteiger partial charge in [0.15, 0.2) is 0 Å². The molecule has 2 rings (SSSR count). The number of esters is 1. The number of anilines is 1. The fourth-order valence-corrected chi connectivity index (χ4v) is 1.91. The summed E-state index contributed by atoms with van der Waals surface area (Å²) in [6.07, 6.45) is 0. The zero-order chi connectivity index (χ0) is 12.6. The molecule has 1 aromatic rings. The highest BCUT2D eigenvalue weighted by Gasteiger charge is 2.25. The van der Waals surface area contributed by atoms with Crippen LogP contribution in [-0.2, 0) is 9.53 Å². The fraction of sp³-hybridized carbons (Fsp3) is 0.231. The number of ether oxygens (including phenoxy) is 1. The van der Waals surface area contributed by atoms with Gasteiger partial charge in [-0.1, -0.05) is 11.6 Å². The first-order chi connectivity index (χ1) is 8.04. The van der Waals surface area contributed by atoms with Gasteiger partial charge in [-0.25, -0.2) is 4.79 Å². The smallest absolute Gasteiger partial charge is 0.337 e. The summed E-state index contributed by atoms with van der Waals surface area (Å²) in [5, 5.41) is 2.74. The largest absolute Gasteiger partial charge is 0.465 e. The number of rotatable bonds is 1. The van der Waals surface area contributed by atoms with Crippen molar-refractivity contribution in [1.82, 2.24) is 0 Å². The Kier molecular flexibility index (Phi) is 2.71. The van der Waals surface area contributed by atoms with E-state index in [1.165, 1.54) is 7.11 Å². The normalized spacial score (nSPS) is 13.1. The monoisotopic (exact) mass is 231 g/mol. The second-order valence-corrected chi connectivity index (χ2v) is 4.08. The molecule has 1 heterocycles. The van der Waals surface area contributed by atoms with E-state index in [1.807, 2.05) is 13.8 Å². The number of allylic oxidation sites excluding steroid dienone is 1. The third-order valence-electron chi connectivity index (χ3n) is 2.69. The zero-order valence-corrected chi connectivity index (χ0v) is 9.96. The van der Waals surface area contributed by atoms with Gasteiger partial charge in [0.25, 0.3) is 5.91 Å². The minimum Gasteiger partial charge on any atom is -0.465 e. The molecule has 0 fully saturated rings. The van der Waals surface area contributed by atoms with Crippen LogP contribution >= 0.6 is 0 Å². The maximum absolute atomic E-state index is 11.7. The van der Waals surface area contributed by atoms with Gasteiger partial charge in [0.1, 0.15) is 0 Å². The van der Waals surface area contributed by atoms with Crippen LogP contribution in [0, 0.1) is 0 Å². The van der Waals surface area contributed by atoms with Gasteiger partial charge in [0, 0.05) is 16.8 Å². The van der Waals surface area contributed by atoms with Crippen molar-refractivity contribution in [1.29, 1.82) is 0 Å². The lowest BCUT2D eigenvalue weighted by Crippen LogP contribution is -2.05. The molecule has 0 atom stereocenters. The van der Waals surface area contributed by atoms with Crippen LogP contribution in [0.25, 0.3) is 5.57 Å². The van der Waals surface area contributed by atoms with Gasteiger partial charge in [-0.15, -0.1) is 0 Å². The molecule has 1 amide bonds. The molecule has 4 heteroatoms. The number of hydrogen-bond donors (Lipinski definition) is 1. The highest BCUT2D eigenvalue weighted by Crippen LogP contribution is 2.34. The lowest BCUT2D eigenvalue weighted by molar-refractivity contribution is -0.110. The molecule has 1 aliphatic heterocycles. The Balaban J connectivity index is 2.53. The number of carbonyl (C=O) groups excluding carboxylic acids is 2. The molecule has 0 saturated carbocycles.